The number of hydrogen-bond donors (Lipinski definition) is 1. The number of halogens is 1. The van der Waals surface area contributed by atoms with Gasteiger partial charge in [0.25, 0.3) is 0 Å². The summed E-state index contributed by atoms with van der Waals surface area (Å²) < 4.78 is 7.70. The highest BCUT2D eigenvalue weighted by Gasteiger charge is 2.38. The molecule has 2 atom stereocenters. The average molecular weight is 443 g/mol. The van der Waals surface area contributed by atoms with E-state index in [9.17, 15) is 4.79 Å². The van der Waals surface area contributed by atoms with Crippen molar-refractivity contribution >= 4 is 39.6 Å². The first-order valence-corrected chi connectivity index (χ1v) is 11.5. The van der Waals surface area contributed by atoms with Gasteiger partial charge in [-0.05, 0) is 51.5 Å². The Morgan fingerprint density at radius 1 is 1.26 bits per heavy atom. The van der Waals surface area contributed by atoms with Crippen molar-refractivity contribution in [3.8, 4) is 0 Å². The van der Waals surface area contributed by atoms with Crippen LogP contribution in [0.3, 0.4) is 0 Å². The van der Waals surface area contributed by atoms with Crippen LogP contribution in [0.2, 0.25) is 5.15 Å². The number of amides is 1. The summed E-state index contributed by atoms with van der Waals surface area (Å²) in [5.74, 6) is 2.02. The Bertz CT molecular complexity index is 1100. The number of para-hydroxylation sites is 1. The Hall–Kier alpha value is -2.34. The standard InChI is InChI=1S/C24H31ClN4O2/c1-5-6-11-19-28-20-21(17-9-7-8-10-18(17)27-22(20)25)29(19)14-16-12-15(16)13-26-23(30)31-24(2,3)4/h7-10,15-16H,5-6,11-14H2,1-4H3,(H,26,30)/t15?,16-/m0/s1. The van der Waals surface area contributed by atoms with Crippen molar-refractivity contribution in [1.29, 1.82) is 0 Å². The van der Waals surface area contributed by atoms with Crippen LogP contribution >= 0.6 is 11.6 Å². The summed E-state index contributed by atoms with van der Waals surface area (Å²) in [5, 5.41) is 4.47. The van der Waals surface area contributed by atoms with Gasteiger partial charge in [0.1, 0.15) is 16.9 Å². The number of unbranched alkanes of at least 4 members (excludes halogenated alkanes) is 1. The number of carbonyl (C=O) groups is 1. The Balaban J connectivity index is 1.56. The molecule has 0 spiro atoms. The molecule has 1 aliphatic carbocycles. The fourth-order valence-electron chi connectivity index (χ4n) is 4.12. The van der Waals surface area contributed by atoms with E-state index in [2.05, 4.69) is 27.9 Å². The van der Waals surface area contributed by atoms with E-state index in [1.165, 1.54) is 0 Å². The summed E-state index contributed by atoms with van der Waals surface area (Å²) in [6.45, 7) is 9.33. The maximum atomic E-state index is 12.0. The molecular formula is C24H31ClN4O2. The lowest BCUT2D eigenvalue weighted by Crippen LogP contribution is -2.33. The van der Waals surface area contributed by atoms with Crippen molar-refractivity contribution < 1.29 is 9.53 Å². The molecule has 1 amide bonds. The molecular weight excluding hydrogens is 412 g/mol. The SMILES string of the molecule is CCCCc1nc2c(Cl)nc3ccccc3c2n1C[C@@H]1CC1CNC(=O)OC(C)(C)C. The Kier molecular flexibility index (Phi) is 6.11. The van der Waals surface area contributed by atoms with Crippen LogP contribution in [-0.2, 0) is 17.7 Å². The van der Waals surface area contributed by atoms with Crippen LogP contribution in [-0.4, -0.2) is 32.8 Å². The molecule has 0 radical (unpaired) electrons. The second-order valence-electron chi connectivity index (χ2n) is 9.50. The Labute approximate surface area is 188 Å². The maximum absolute atomic E-state index is 12.0. The molecule has 1 fully saturated rings. The molecule has 31 heavy (non-hydrogen) atoms. The normalized spacial score (nSPS) is 18.5. The molecule has 1 aromatic carbocycles. The number of imidazole rings is 1. The van der Waals surface area contributed by atoms with Crippen LogP contribution in [0.4, 0.5) is 4.79 Å². The van der Waals surface area contributed by atoms with Crippen LogP contribution in [0.5, 0.6) is 0 Å². The minimum atomic E-state index is -0.481. The van der Waals surface area contributed by atoms with E-state index in [4.69, 9.17) is 21.3 Å². The number of aryl methyl sites for hydroxylation is 1. The summed E-state index contributed by atoms with van der Waals surface area (Å²) in [7, 11) is 0. The predicted octanol–water partition coefficient (Wildman–Crippen LogP) is 5.74. The number of aromatic nitrogens is 3. The van der Waals surface area contributed by atoms with Crippen LogP contribution in [0, 0.1) is 11.8 Å². The van der Waals surface area contributed by atoms with Crippen LogP contribution in [0.25, 0.3) is 21.9 Å². The van der Waals surface area contributed by atoms with Crippen molar-refractivity contribution in [3.05, 3.63) is 35.2 Å². The van der Waals surface area contributed by atoms with Crippen molar-refractivity contribution in [3.63, 3.8) is 0 Å². The molecule has 1 N–H and O–H groups in total. The van der Waals surface area contributed by atoms with E-state index in [1.807, 2.05) is 39.0 Å². The first-order chi connectivity index (χ1) is 14.8. The highest BCUT2D eigenvalue weighted by Crippen LogP contribution is 2.41. The third kappa shape index (κ3) is 4.95. The number of nitrogens with zero attached hydrogens (tertiary/aromatic N) is 3. The minimum absolute atomic E-state index is 0.348. The lowest BCUT2D eigenvalue weighted by molar-refractivity contribution is 0.0524. The van der Waals surface area contributed by atoms with Gasteiger partial charge in [-0.3, -0.25) is 0 Å². The molecule has 6 nitrogen and oxygen atoms in total. The molecule has 7 heteroatoms. The van der Waals surface area contributed by atoms with Gasteiger partial charge in [-0.2, -0.15) is 0 Å². The lowest BCUT2D eigenvalue weighted by Gasteiger charge is -2.19. The van der Waals surface area contributed by atoms with Gasteiger partial charge in [0, 0.05) is 24.9 Å². The molecule has 1 saturated carbocycles. The third-order valence-electron chi connectivity index (χ3n) is 5.77. The van der Waals surface area contributed by atoms with Gasteiger partial charge in [0.15, 0.2) is 5.15 Å². The number of carbonyl (C=O) groups excluding carboxylic acids is 1. The van der Waals surface area contributed by atoms with E-state index in [1.54, 1.807) is 0 Å². The van der Waals surface area contributed by atoms with Crippen LogP contribution in [0.15, 0.2) is 24.3 Å². The van der Waals surface area contributed by atoms with Crippen LogP contribution < -0.4 is 5.32 Å². The zero-order valence-corrected chi connectivity index (χ0v) is 19.5. The van der Waals surface area contributed by atoms with E-state index < -0.39 is 5.60 Å². The second kappa shape index (κ2) is 8.65. The van der Waals surface area contributed by atoms with Crippen LogP contribution in [0.1, 0.15) is 52.8 Å². The minimum Gasteiger partial charge on any atom is -0.444 e. The molecule has 2 aromatic heterocycles. The van der Waals surface area contributed by atoms with Gasteiger partial charge < -0.3 is 14.6 Å². The number of fused-ring (bicyclic) bond motifs is 3. The number of benzene rings is 1. The van der Waals surface area contributed by atoms with Crippen molar-refractivity contribution in [2.24, 2.45) is 11.8 Å². The number of rotatable bonds is 7. The Morgan fingerprint density at radius 2 is 2.03 bits per heavy atom. The van der Waals surface area contributed by atoms with Crippen molar-refractivity contribution in [1.82, 2.24) is 19.9 Å². The van der Waals surface area contributed by atoms with Crippen molar-refractivity contribution in [2.45, 2.75) is 65.5 Å². The number of nitrogens with one attached hydrogen (secondary N) is 1. The second-order valence-corrected chi connectivity index (χ2v) is 9.86. The lowest BCUT2D eigenvalue weighted by atomic mass is 10.2. The molecule has 1 aliphatic rings. The van der Waals surface area contributed by atoms with Gasteiger partial charge in [0.2, 0.25) is 0 Å². The van der Waals surface area contributed by atoms with E-state index in [0.717, 1.165) is 60.0 Å². The molecule has 2 heterocycles. The maximum Gasteiger partial charge on any atom is 0.407 e. The summed E-state index contributed by atoms with van der Waals surface area (Å²) in [4.78, 5) is 21.4. The zero-order chi connectivity index (χ0) is 22.2. The zero-order valence-electron chi connectivity index (χ0n) is 18.7. The quantitative estimate of drug-likeness (QED) is 0.473. The topological polar surface area (TPSA) is 69.0 Å². The number of ether oxygens (including phenoxy) is 1. The third-order valence-corrected chi connectivity index (χ3v) is 6.03. The number of alkyl carbamates (subject to hydrolysis) is 1. The van der Waals surface area contributed by atoms with Gasteiger partial charge in [0.05, 0.1) is 11.0 Å². The summed E-state index contributed by atoms with van der Waals surface area (Å²) >= 11 is 6.53. The van der Waals surface area contributed by atoms with Gasteiger partial charge in [-0.1, -0.05) is 43.1 Å². The highest BCUT2D eigenvalue weighted by molar-refractivity contribution is 6.35. The first kappa shape index (κ1) is 21.9. The molecule has 0 saturated heterocycles. The summed E-state index contributed by atoms with van der Waals surface area (Å²) in [5.41, 5.74) is 2.27. The van der Waals surface area contributed by atoms with Gasteiger partial charge in [-0.25, -0.2) is 14.8 Å². The molecule has 166 valence electrons. The largest absolute Gasteiger partial charge is 0.444 e. The number of hydrogen-bond acceptors (Lipinski definition) is 4. The fraction of sp³-hybridized carbons (Fsp3) is 0.542. The number of pyridine rings is 1. The molecule has 4 rings (SSSR count). The molecule has 3 aromatic rings. The van der Waals surface area contributed by atoms with Gasteiger partial charge >= 0.3 is 6.09 Å². The molecule has 0 aliphatic heterocycles. The highest BCUT2D eigenvalue weighted by atomic mass is 35.5. The van der Waals surface area contributed by atoms with E-state index >= 15 is 0 Å². The summed E-state index contributed by atoms with van der Waals surface area (Å²) in [6.07, 6.45) is 3.85. The smallest absolute Gasteiger partial charge is 0.407 e. The average Bonchev–Trinajstić information content (AvgIpc) is 3.34. The fourth-order valence-corrected chi connectivity index (χ4v) is 4.34. The monoisotopic (exact) mass is 442 g/mol. The first-order valence-electron chi connectivity index (χ1n) is 11.2. The molecule has 0 bridgehead atoms. The molecule has 1 unspecified atom stereocenters. The van der Waals surface area contributed by atoms with E-state index in [-0.39, 0.29) is 6.09 Å². The predicted molar refractivity (Wildman–Crippen MR) is 124 cm³/mol. The van der Waals surface area contributed by atoms with Gasteiger partial charge in [-0.15, -0.1) is 0 Å². The Morgan fingerprint density at radius 3 is 2.77 bits per heavy atom. The van der Waals surface area contributed by atoms with Crippen molar-refractivity contribution in [2.75, 3.05) is 6.54 Å². The summed E-state index contributed by atoms with van der Waals surface area (Å²) in [6, 6.07) is 8.10. The van der Waals surface area contributed by atoms with E-state index in [0.29, 0.717) is 23.5 Å².